The molecule has 0 aromatic heterocycles. The number of benzene rings is 1. The third kappa shape index (κ3) is 3.53. The first-order valence-electron chi connectivity index (χ1n) is 5.75. The van der Waals surface area contributed by atoms with Gasteiger partial charge in [0.05, 0.1) is 4.90 Å². The standard InChI is InChI=1S/C12H15FN2O4S/c1-7(11(14)16)15-12(17)8(2)20(18,19)10-5-3-9(13)4-6-10/h3-8H,1-2H3,(H2,14,16)(H,15,17). The lowest BCUT2D eigenvalue weighted by Gasteiger charge is -2.16. The van der Waals surface area contributed by atoms with Gasteiger partial charge in [0.2, 0.25) is 11.8 Å². The van der Waals surface area contributed by atoms with E-state index in [4.69, 9.17) is 5.73 Å². The fraction of sp³-hybridized carbons (Fsp3) is 0.333. The van der Waals surface area contributed by atoms with E-state index in [2.05, 4.69) is 5.32 Å². The van der Waals surface area contributed by atoms with Crippen molar-refractivity contribution in [3.8, 4) is 0 Å². The molecule has 20 heavy (non-hydrogen) atoms. The van der Waals surface area contributed by atoms with Crippen molar-refractivity contribution in [3.63, 3.8) is 0 Å². The van der Waals surface area contributed by atoms with Gasteiger partial charge in [-0.3, -0.25) is 9.59 Å². The van der Waals surface area contributed by atoms with Crippen LogP contribution in [0.25, 0.3) is 0 Å². The van der Waals surface area contributed by atoms with Crippen LogP contribution in [0, 0.1) is 5.82 Å². The number of nitrogens with one attached hydrogen (secondary N) is 1. The van der Waals surface area contributed by atoms with Gasteiger partial charge in [-0.15, -0.1) is 0 Å². The number of carbonyl (C=O) groups is 2. The highest BCUT2D eigenvalue weighted by Crippen LogP contribution is 2.16. The fourth-order valence-electron chi connectivity index (χ4n) is 1.37. The molecule has 2 atom stereocenters. The van der Waals surface area contributed by atoms with Gasteiger partial charge in [-0.05, 0) is 38.1 Å². The molecule has 3 N–H and O–H groups in total. The summed E-state index contributed by atoms with van der Waals surface area (Å²) in [4.78, 5) is 22.4. The van der Waals surface area contributed by atoms with Crippen LogP contribution in [0.1, 0.15) is 13.8 Å². The number of amides is 2. The zero-order chi connectivity index (χ0) is 15.5. The molecule has 0 radical (unpaired) electrons. The van der Waals surface area contributed by atoms with Crippen molar-refractivity contribution in [2.75, 3.05) is 0 Å². The van der Waals surface area contributed by atoms with Crippen molar-refractivity contribution in [3.05, 3.63) is 30.1 Å². The molecule has 2 unspecified atom stereocenters. The van der Waals surface area contributed by atoms with Crippen LogP contribution in [-0.4, -0.2) is 31.5 Å². The van der Waals surface area contributed by atoms with Crippen LogP contribution in [0.15, 0.2) is 29.2 Å². The van der Waals surface area contributed by atoms with Crippen LogP contribution in [0.3, 0.4) is 0 Å². The average Bonchev–Trinajstić information content (AvgIpc) is 2.37. The lowest BCUT2D eigenvalue weighted by Crippen LogP contribution is -2.47. The summed E-state index contributed by atoms with van der Waals surface area (Å²) in [7, 11) is -3.96. The maximum absolute atomic E-state index is 12.8. The number of halogens is 1. The number of sulfone groups is 1. The maximum atomic E-state index is 12.8. The largest absolute Gasteiger partial charge is 0.368 e. The minimum atomic E-state index is -3.96. The van der Waals surface area contributed by atoms with E-state index in [-0.39, 0.29) is 4.90 Å². The second-order valence-corrected chi connectivity index (χ2v) is 6.54. The molecule has 0 heterocycles. The maximum Gasteiger partial charge on any atom is 0.239 e. The zero-order valence-electron chi connectivity index (χ0n) is 11.0. The van der Waals surface area contributed by atoms with E-state index in [1.165, 1.54) is 13.8 Å². The summed E-state index contributed by atoms with van der Waals surface area (Å²) in [5, 5.41) is 0.778. The predicted molar refractivity (Wildman–Crippen MR) is 69.8 cm³/mol. The lowest BCUT2D eigenvalue weighted by molar-refractivity contribution is -0.126. The molecule has 6 nitrogen and oxygen atoms in total. The van der Waals surface area contributed by atoms with Crippen LogP contribution < -0.4 is 11.1 Å². The quantitative estimate of drug-likeness (QED) is 0.745. The van der Waals surface area contributed by atoms with Crippen LogP contribution >= 0.6 is 0 Å². The van der Waals surface area contributed by atoms with E-state index in [0.29, 0.717) is 0 Å². The minimum absolute atomic E-state index is 0.173. The lowest BCUT2D eigenvalue weighted by atomic mass is 10.3. The van der Waals surface area contributed by atoms with E-state index < -0.39 is 38.8 Å². The SMILES string of the molecule is CC(NC(=O)C(C)S(=O)(=O)c1ccc(F)cc1)C(N)=O. The molecule has 0 aliphatic carbocycles. The summed E-state index contributed by atoms with van der Waals surface area (Å²) < 4.78 is 37.0. The van der Waals surface area contributed by atoms with Crippen molar-refractivity contribution >= 4 is 21.7 Å². The Morgan fingerprint density at radius 3 is 2.15 bits per heavy atom. The molecule has 0 aliphatic heterocycles. The Hall–Kier alpha value is -1.96. The van der Waals surface area contributed by atoms with Gasteiger partial charge in [-0.1, -0.05) is 0 Å². The van der Waals surface area contributed by atoms with E-state index in [1.54, 1.807) is 0 Å². The number of hydrogen-bond donors (Lipinski definition) is 2. The molecule has 8 heteroatoms. The van der Waals surface area contributed by atoms with Crippen LogP contribution in [-0.2, 0) is 19.4 Å². The smallest absolute Gasteiger partial charge is 0.239 e. The third-order valence-electron chi connectivity index (χ3n) is 2.76. The molecule has 0 spiro atoms. The highest BCUT2D eigenvalue weighted by Gasteiger charge is 2.31. The molecule has 1 aromatic carbocycles. The van der Waals surface area contributed by atoms with Crippen molar-refractivity contribution in [1.82, 2.24) is 5.32 Å². The Morgan fingerprint density at radius 2 is 1.70 bits per heavy atom. The van der Waals surface area contributed by atoms with Crippen molar-refractivity contribution in [1.29, 1.82) is 0 Å². The number of hydrogen-bond acceptors (Lipinski definition) is 4. The minimum Gasteiger partial charge on any atom is -0.368 e. The molecule has 0 aliphatic rings. The highest BCUT2D eigenvalue weighted by atomic mass is 32.2. The van der Waals surface area contributed by atoms with Gasteiger partial charge in [0.25, 0.3) is 0 Å². The monoisotopic (exact) mass is 302 g/mol. The van der Waals surface area contributed by atoms with Gasteiger partial charge >= 0.3 is 0 Å². The van der Waals surface area contributed by atoms with E-state index in [1.807, 2.05) is 0 Å². The Bertz CT molecular complexity index is 613. The number of rotatable bonds is 5. The van der Waals surface area contributed by atoms with E-state index >= 15 is 0 Å². The van der Waals surface area contributed by atoms with Gasteiger partial charge in [-0.2, -0.15) is 0 Å². The van der Waals surface area contributed by atoms with Gasteiger partial charge in [0.1, 0.15) is 17.1 Å². The second kappa shape index (κ2) is 6.00. The fourth-order valence-corrected chi connectivity index (χ4v) is 2.64. The molecule has 0 saturated carbocycles. The molecule has 110 valence electrons. The van der Waals surface area contributed by atoms with Gasteiger partial charge in [0, 0.05) is 0 Å². The molecular weight excluding hydrogens is 287 g/mol. The predicted octanol–water partition coefficient (Wildman–Crippen LogP) is -0.0221. The Labute approximate surface area is 116 Å². The van der Waals surface area contributed by atoms with Crippen molar-refractivity contribution < 1.29 is 22.4 Å². The van der Waals surface area contributed by atoms with E-state index in [0.717, 1.165) is 24.3 Å². The molecule has 1 rings (SSSR count). The molecule has 0 saturated heterocycles. The first-order valence-corrected chi connectivity index (χ1v) is 7.30. The summed E-state index contributed by atoms with van der Waals surface area (Å²) >= 11 is 0. The molecular formula is C12H15FN2O4S. The number of carbonyl (C=O) groups excluding carboxylic acids is 2. The molecule has 0 fully saturated rings. The van der Waals surface area contributed by atoms with Crippen molar-refractivity contribution in [2.45, 2.75) is 30.0 Å². The van der Waals surface area contributed by atoms with Gasteiger partial charge in [-0.25, -0.2) is 12.8 Å². The summed E-state index contributed by atoms with van der Waals surface area (Å²) in [6.45, 7) is 2.53. The highest BCUT2D eigenvalue weighted by molar-refractivity contribution is 7.92. The first-order chi connectivity index (χ1) is 9.16. The summed E-state index contributed by atoms with van der Waals surface area (Å²) in [5.41, 5.74) is 4.98. The second-order valence-electron chi connectivity index (χ2n) is 4.27. The third-order valence-corrected chi connectivity index (χ3v) is 4.84. The Morgan fingerprint density at radius 1 is 1.20 bits per heavy atom. The summed E-state index contributed by atoms with van der Waals surface area (Å²) in [6, 6.07) is 3.15. The number of primary amides is 1. The Kier molecular flexibility index (Phi) is 4.83. The number of nitrogens with two attached hydrogens (primary N) is 1. The molecule has 2 amide bonds. The van der Waals surface area contributed by atoms with Crippen molar-refractivity contribution in [2.24, 2.45) is 5.73 Å². The Balaban J connectivity index is 2.95. The van der Waals surface area contributed by atoms with E-state index in [9.17, 15) is 22.4 Å². The zero-order valence-corrected chi connectivity index (χ0v) is 11.8. The van der Waals surface area contributed by atoms with Crippen LogP contribution in [0.2, 0.25) is 0 Å². The summed E-state index contributed by atoms with van der Waals surface area (Å²) in [5.74, 6) is -2.20. The average molecular weight is 302 g/mol. The molecule has 0 bridgehead atoms. The normalized spacial score (nSPS) is 14.3. The first kappa shape index (κ1) is 16.1. The molecule has 1 aromatic rings. The topological polar surface area (TPSA) is 106 Å². The van der Waals surface area contributed by atoms with Crippen LogP contribution in [0.4, 0.5) is 4.39 Å². The van der Waals surface area contributed by atoms with Gasteiger partial charge < -0.3 is 11.1 Å². The van der Waals surface area contributed by atoms with Gasteiger partial charge in [0.15, 0.2) is 9.84 Å². The van der Waals surface area contributed by atoms with Crippen LogP contribution in [0.5, 0.6) is 0 Å². The summed E-state index contributed by atoms with van der Waals surface area (Å²) in [6.07, 6.45) is 0.